The first-order valence-corrected chi connectivity index (χ1v) is 19.0. The Bertz CT molecular complexity index is 2100. The van der Waals surface area contributed by atoms with E-state index in [-0.39, 0.29) is 52.1 Å². The quantitative estimate of drug-likeness (QED) is 0.205. The number of likely N-dealkylation sites (N-methyl/N-ethyl adjacent to an activating group) is 1. The number of fused-ring (bicyclic) bond motifs is 3. The highest BCUT2D eigenvalue weighted by atomic mass is 19.1. The number of pyridine rings is 1. The lowest BCUT2D eigenvalue weighted by Gasteiger charge is -2.31. The number of carbonyl (C=O) groups is 1. The Kier molecular flexibility index (Phi) is 10.2. The second-order valence-corrected chi connectivity index (χ2v) is 15.0. The molecule has 0 radical (unpaired) electrons. The molecule has 2 N–H and O–H groups in total. The topological polar surface area (TPSA) is 108 Å². The van der Waals surface area contributed by atoms with Crippen LogP contribution in [0.25, 0.3) is 32.9 Å². The molecule has 4 saturated heterocycles. The minimum Gasteiger partial charge on any atom is -0.461 e. The third-order valence-electron chi connectivity index (χ3n) is 11.4. The van der Waals surface area contributed by atoms with Crippen molar-refractivity contribution < 1.29 is 27.4 Å². The fraction of sp³-hybridized carbons (Fsp3) is 0.500. The van der Waals surface area contributed by atoms with Crippen LogP contribution < -0.4 is 25.2 Å². The molecule has 6 heterocycles. The maximum Gasteiger partial charge on any atom is 0.415 e. The zero-order valence-corrected chi connectivity index (χ0v) is 30.5. The van der Waals surface area contributed by atoms with Crippen molar-refractivity contribution in [2.45, 2.75) is 75.5 Å². The number of halogens is 3. The van der Waals surface area contributed by atoms with Crippen molar-refractivity contribution in [3.05, 3.63) is 47.7 Å². The Morgan fingerprint density at radius 2 is 1.98 bits per heavy atom. The van der Waals surface area contributed by atoms with Crippen LogP contribution in [0.3, 0.4) is 0 Å². The van der Waals surface area contributed by atoms with Crippen LogP contribution in [0.1, 0.15) is 63.4 Å². The van der Waals surface area contributed by atoms with Crippen molar-refractivity contribution in [3.8, 4) is 35.4 Å². The SMILES string of the molecule is C#Cc1c(F)ccc2cc(OC(=O)N(C)C[C@H]3CCCCN3)cc(-c3ncc4c(N5CCCCCN5)nc(OC[C@@]56CCCN5C[C@H](F)C6)nc4c3F)c12. The molecule has 14 heteroatoms. The van der Waals surface area contributed by atoms with E-state index in [0.29, 0.717) is 49.2 Å². The highest BCUT2D eigenvalue weighted by Crippen LogP contribution is 2.42. The van der Waals surface area contributed by atoms with E-state index in [4.69, 9.17) is 20.9 Å². The third-order valence-corrected chi connectivity index (χ3v) is 11.4. The minimum atomic E-state index is -0.939. The molecular formula is C40H45F3N8O3. The number of rotatable bonds is 8. The van der Waals surface area contributed by atoms with Gasteiger partial charge in [0.15, 0.2) is 11.6 Å². The Hall–Kier alpha value is -4.71. The largest absolute Gasteiger partial charge is 0.461 e. The second kappa shape index (κ2) is 15.2. The summed E-state index contributed by atoms with van der Waals surface area (Å²) < 4.78 is 59.2. The summed E-state index contributed by atoms with van der Waals surface area (Å²) in [4.78, 5) is 30.9. The molecule has 284 valence electrons. The van der Waals surface area contributed by atoms with Gasteiger partial charge in [-0.2, -0.15) is 9.97 Å². The van der Waals surface area contributed by atoms with Crippen LogP contribution in [0.15, 0.2) is 30.5 Å². The summed E-state index contributed by atoms with van der Waals surface area (Å²) in [5.74, 6) is 1.48. The molecule has 0 saturated carbocycles. The molecule has 0 bridgehead atoms. The number of hydrogen-bond donors (Lipinski definition) is 2. The number of terminal acetylenes is 1. The van der Waals surface area contributed by atoms with Gasteiger partial charge >= 0.3 is 12.1 Å². The molecule has 0 unspecified atom stereocenters. The van der Waals surface area contributed by atoms with Gasteiger partial charge < -0.3 is 19.7 Å². The molecule has 0 spiro atoms. The number of alkyl halides is 1. The van der Waals surface area contributed by atoms with Crippen molar-refractivity contribution in [1.82, 2.24) is 35.5 Å². The van der Waals surface area contributed by atoms with E-state index in [9.17, 15) is 9.18 Å². The van der Waals surface area contributed by atoms with Gasteiger partial charge in [-0.3, -0.25) is 14.9 Å². The van der Waals surface area contributed by atoms with Crippen molar-refractivity contribution in [2.24, 2.45) is 0 Å². The molecule has 3 atom stereocenters. The first-order chi connectivity index (χ1) is 26.2. The van der Waals surface area contributed by atoms with E-state index in [1.165, 1.54) is 29.3 Å². The standard InChI is InChI=1S/C40H45F3N8O3/c1-3-29-32(42)12-11-25-18-28(54-39(52)49(2)23-27-10-5-7-14-44-27)19-30(33(25)29)35-34(43)36-31(21-45-35)37(51-17-8-4-6-15-46-51)48-38(47-36)53-24-40-13-9-16-50(40)22-26(41)20-40/h1,11-12,18-19,21,26-27,44,46H,4-10,13-17,20,22-24H2,2H3/t26-,27-,40+/m1/s1. The summed E-state index contributed by atoms with van der Waals surface area (Å²) in [6, 6.07) is 5.89. The molecule has 4 aliphatic rings. The van der Waals surface area contributed by atoms with Crippen molar-refractivity contribution in [1.29, 1.82) is 0 Å². The predicted octanol–water partition coefficient (Wildman–Crippen LogP) is 6.13. The normalized spacial score (nSPS) is 23.3. The molecule has 4 aliphatic heterocycles. The number of nitrogens with one attached hydrogen (secondary N) is 2. The summed E-state index contributed by atoms with van der Waals surface area (Å²) in [6.45, 7) is 4.00. The van der Waals surface area contributed by atoms with E-state index in [1.807, 2.05) is 5.01 Å². The van der Waals surface area contributed by atoms with Gasteiger partial charge in [0, 0.05) is 62.8 Å². The van der Waals surface area contributed by atoms with Gasteiger partial charge in [-0.05, 0) is 75.2 Å². The van der Waals surface area contributed by atoms with Gasteiger partial charge in [0.2, 0.25) is 0 Å². The number of ether oxygens (including phenoxy) is 2. The van der Waals surface area contributed by atoms with Crippen LogP contribution in [0, 0.1) is 24.0 Å². The van der Waals surface area contributed by atoms with Gasteiger partial charge in [-0.25, -0.2) is 23.4 Å². The number of hydrazine groups is 1. The summed E-state index contributed by atoms with van der Waals surface area (Å²) in [7, 11) is 1.67. The highest BCUT2D eigenvalue weighted by molar-refractivity contribution is 6.03. The number of anilines is 1. The van der Waals surface area contributed by atoms with Gasteiger partial charge in [-0.15, -0.1) is 6.42 Å². The number of aromatic nitrogens is 3. The van der Waals surface area contributed by atoms with Gasteiger partial charge in [0.05, 0.1) is 16.5 Å². The number of nitrogens with zero attached hydrogens (tertiary/aromatic N) is 6. The molecule has 2 aromatic heterocycles. The van der Waals surface area contributed by atoms with E-state index < -0.39 is 29.4 Å². The smallest absolute Gasteiger partial charge is 0.415 e. The van der Waals surface area contributed by atoms with Crippen LogP contribution >= 0.6 is 0 Å². The average molecular weight is 743 g/mol. The molecule has 0 aliphatic carbocycles. The first-order valence-electron chi connectivity index (χ1n) is 19.0. The molecule has 1 amide bonds. The van der Waals surface area contributed by atoms with Crippen LogP contribution in [-0.4, -0.2) is 102 Å². The molecule has 4 fully saturated rings. The van der Waals surface area contributed by atoms with E-state index in [2.05, 4.69) is 31.5 Å². The lowest BCUT2D eigenvalue weighted by molar-refractivity contribution is 0.107. The van der Waals surface area contributed by atoms with E-state index in [0.717, 1.165) is 64.5 Å². The number of amides is 1. The Morgan fingerprint density at radius 1 is 1.11 bits per heavy atom. The Balaban J connectivity index is 1.21. The number of benzene rings is 2. The van der Waals surface area contributed by atoms with Gasteiger partial charge in [0.25, 0.3) is 0 Å². The number of hydrogen-bond acceptors (Lipinski definition) is 10. The van der Waals surface area contributed by atoms with Crippen LogP contribution in [0.4, 0.5) is 23.8 Å². The fourth-order valence-corrected chi connectivity index (χ4v) is 8.64. The Morgan fingerprint density at radius 3 is 2.81 bits per heavy atom. The molecule has 2 aromatic carbocycles. The summed E-state index contributed by atoms with van der Waals surface area (Å²) in [6.07, 6.45) is 13.9. The summed E-state index contributed by atoms with van der Waals surface area (Å²) in [5, 5.41) is 6.33. The zero-order chi connectivity index (χ0) is 37.4. The molecule has 11 nitrogen and oxygen atoms in total. The van der Waals surface area contributed by atoms with E-state index >= 15 is 8.78 Å². The fourth-order valence-electron chi connectivity index (χ4n) is 8.64. The van der Waals surface area contributed by atoms with Crippen molar-refractivity contribution >= 4 is 33.6 Å². The highest BCUT2D eigenvalue weighted by Gasteiger charge is 2.49. The predicted molar refractivity (Wildman–Crippen MR) is 200 cm³/mol. The lowest BCUT2D eigenvalue weighted by Crippen LogP contribution is -2.45. The van der Waals surface area contributed by atoms with Crippen LogP contribution in [0.2, 0.25) is 0 Å². The van der Waals surface area contributed by atoms with Gasteiger partial charge in [0.1, 0.15) is 35.6 Å². The number of carbonyl (C=O) groups excluding carboxylic acids is 1. The maximum absolute atomic E-state index is 17.2. The lowest BCUT2D eigenvalue weighted by atomic mass is 9.95. The second-order valence-electron chi connectivity index (χ2n) is 15.0. The minimum absolute atomic E-state index is 0.0403. The van der Waals surface area contributed by atoms with Crippen LogP contribution in [-0.2, 0) is 0 Å². The average Bonchev–Trinajstić information content (AvgIpc) is 3.55. The molecular weight excluding hydrogens is 697 g/mol. The van der Waals surface area contributed by atoms with Crippen LogP contribution in [0.5, 0.6) is 11.8 Å². The molecule has 8 rings (SSSR count). The number of piperidine rings is 1. The molecule has 4 aromatic rings. The Labute approximate surface area is 312 Å². The van der Waals surface area contributed by atoms with Crippen molar-refractivity contribution in [2.75, 3.05) is 57.9 Å². The van der Waals surface area contributed by atoms with Gasteiger partial charge in [-0.1, -0.05) is 24.8 Å². The van der Waals surface area contributed by atoms with Crippen molar-refractivity contribution in [3.63, 3.8) is 0 Å². The monoisotopic (exact) mass is 742 g/mol. The molecule has 54 heavy (non-hydrogen) atoms. The first kappa shape index (κ1) is 36.3. The van der Waals surface area contributed by atoms with E-state index in [1.54, 1.807) is 13.1 Å². The zero-order valence-electron chi connectivity index (χ0n) is 30.5. The third kappa shape index (κ3) is 7.00. The summed E-state index contributed by atoms with van der Waals surface area (Å²) >= 11 is 0. The summed E-state index contributed by atoms with van der Waals surface area (Å²) in [5.41, 5.74) is 2.76. The maximum atomic E-state index is 17.2.